The standard InChI is InChI=1S/C16H18ClN3O3/c1-10-13(17)4-3-5-14(10)22-9-15(21)20-7-6-12(8-20)16-18-11(2)19-23-16/h3-5,12H,6-9H2,1-2H3/t12-/m0/s1. The highest BCUT2D eigenvalue weighted by molar-refractivity contribution is 6.31. The number of nitrogens with zero attached hydrogens (tertiary/aromatic N) is 3. The summed E-state index contributed by atoms with van der Waals surface area (Å²) in [5, 5.41) is 4.43. The van der Waals surface area contributed by atoms with Crippen LogP contribution in [0, 0.1) is 13.8 Å². The number of benzene rings is 1. The number of aromatic nitrogens is 2. The predicted molar refractivity (Wildman–Crippen MR) is 84.7 cm³/mol. The van der Waals surface area contributed by atoms with Crippen molar-refractivity contribution in [3.63, 3.8) is 0 Å². The molecule has 1 aliphatic rings. The van der Waals surface area contributed by atoms with Gasteiger partial charge in [0.25, 0.3) is 5.91 Å². The summed E-state index contributed by atoms with van der Waals surface area (Å²) in [5.74, 6) is 1.90. The first kappa shape index (κ1) is 15.8. The minimum Gasteiger partial charge on any atom is -0.483 e. The number of hydrogen-bond donors (Lipinski definition) is 0. The van der Waals surface area contributed by atoms with Crippen LogP contribution in [0.25, 0.3) is 0 Å². The molecule has 1 atom stereocenters. The molecule has 1 aliphatic heterocycles. The van der Waals surface area contributed by atoms with Crippen LogP contribution in [-0.2, 0) is 4.79 Å². The van der Waals surface area contributed by atoms with E-state index in [0.29, 0.717) is 35.6 Å². The van der Waals surface area contributed by atoms with Gasteiger partial charge < -0.3 is 14.2 Å². The second-order valence-electron chi connectivity index (χ2n) is 5.66. The van der Waals surface area contributed by atoms with Crippen molar-refractivity contribution in [3.05, 3.63) is 40.5 Å². The van der Waals surface area contributed by atoms with Crippen LogP contribution in [0.15, 0.2) is 22.7 Å². The number of ether oxygens (including phenoxy) is 1. The molecule has 7 heteroatoms. The number of likely N-dealkylation sites (tertiary alicyclic amines) is 1. The lowest BCUT2D eigenvalue weighted by Crippen LogP contribution is -2.33. The van der Waals surface area contributed by atoms with E-state index >= 15 is 0 Å². The molecule has 122 valence electrons. The number of halogens is 1. The van der Waals surface area contributed by atoms with Gasteiger partial charge in [-0.1, -0.05) is 22.8 Å². The van der Waals surface area contributed by atoms with Gasteiger partial charge in [0.15, 0.2) is 12.4 Å². The number of carbonyl (C=O) groups is 1. The number of rotatable bonds is 4. The minimum atomic E-state index is -0.0527. The topological polar surface area (TPSA) is 68.5 Å². The van der Waals surface area contributed by atoms with Gasteiger partial charge in [-0.15, -0.1) is 0 Å². The van der Waals surface area contributed by atoms with E-state index in [4.69, 9.17) is 20.9 Å². The Bertz CT molecular complexity index is 716. The van der Waals surface area contributed by atoms with E-state index in [-0.39, 0.29) is 18.4 Å². The Balaban J connectivity index is 1.56. The van der Waals surface area contributed by atoms with E-state index < -0.39 is 0 Å². The Labute approximate surface area is 139 Å². The maximum atomic E-state index is 12.3. The molecular weight excluding hydrogens is 318 g/mol. The van der Waals surface area contributed by atoms with Crippen LogP contribution in [-0.4, -0.2) is 40.6 Å². The van der Waals surface area contributed by atoms with Crippen molar-refractivity contribution in [2.24, 2.45) is 0 Å². The largest absolute Gasteiger partial charge is 0.483 e. The van der Waals surface area contributed by atoms with Crippen molar-refractivity contribution in [2.45, 2.75) is 26.2 Å². The van der Waals surface area contributed by atoms with Crippen molar-refractivity contribution >= 4 is 17.5 Å². The molecule has 23 heavy (non-hydrogen) atoms. The SMILES string of the molecule is Cc1noc([C@H]2CCN(C(=O)COc3cccc(Cl)c3C)C2)n1. The summed E-state index contributed by atoms with van der Waals surface area (Å²) in [7, 11) is 0. The molecule has 0 radical (unpaired) electrons. The van der Waals surface area contributed by atoms with Crippen molar-refractivity contribution in [2.75, 3.05) is 19.7 Å². The zero-order chi connectivity index (χ0) is 16.4. The summed E-state index contributed by atoms with van der Waals surface area (Å²) in [4.78, 5) is 18.3. The summed E-state index contributed by atoms with van der Waals surface area (Å²) in [5.41, 5.74) is 0.836. The van der Waals surface area contributed by atoms with E-state index in [1.165, 1.54) is 0 Å². The third kappa shape index (κ3) is 3.47. The molecule has 1 fully saturated rings. The zero-order valence-corrected chi connectivity index (χ0v) is 13.8. The van der Waals surface area contributed by atoms with Crippen LogP contribution >= 0.6 is 11.6 Å². The van der Waals surface area contributed by atoms with Crippen LogP contribution in [0.4, 0.5) is 0 Å². The second-order valence-corrected chi connectivity index (χ2v) is 6.06. The first-order chi connectivity index (χ1) is 11.0. The van der Waals surface area contributed by atoms with Crippen LogP contribution in [0.2, 0.25) is 5.02 Å². The summed E-state index contributed by atoms with van der Waals surface area (Å²) in [6.07, 6.45) is 0.823. The number of carbonyl (C=O) groups excluding carboxylic acids is 1. The quantitative estimate of drug-likeness (QED) is 0.859. The third-order valence-electron chi connectivity index (χ3n) is 4.00. The number of amides is 1. The van der Waals surface area contributed by atoms with Gasteiger partial charge in [-0.3, -0.25) is 4.79 Å². The van der Waals surface area contributed by atoms with Crippen LogP contribution in [0.5, 0.6) is 5.75 Å². The first-order valence-electron chi connectivity index (χ1n) is 7.50. The van der Waals surface area contributed by atoms with Crippen molar-refractivity contribution in [3.8, 4) is 5.75 Å². The molecule has 6 nitrogen and oxygen atoms in total. The third-order valence-corrected chi connectivity index (χ3v) is 4.41. The van der Waals surface area contributed by atoms with Crippen molar-refractivity contribution in [1.82, 2.24) is 15.0 Å². The molecule has 2 aromatic rings. The first-order valence-corrected chi connectivity index (χ1v) is 7.88. The van der Waals surface area contributed by atoms with E-state index in [0.717, 1.165) is 12.0 Å². The highest BCUT2D eigenvalue weighted by atomic mass is 35.5. The monoisotopic (exact) mass is 335 g/mol. The lowest BCUT2D eigenvalue weighted by atomic mass is 10.1. The lowest BCUT2D eigenvalue weighted by molar-refractivity contribution is -0.132. The van der Waals surface area contributed by atoms with Crippen LogP contribution in [0.1, 0.15) is 29.6 Å². The maximum Gasteiger partial charge on any atom is 0.260 e. The molecule has 1 aromatic heterocycles. The molecule has 0 N–H and O–H groups in total. The summed E-state index contributed by atoms with van der Waals surface area (Å²) < 4.78 is 10.8. The summed E-state index contributed by atoms with van der Waals surface area (Å²) >= 11 is 6.05. The molecule has 0 saturated carbocycles. The van der Waals surface area contributed by atoms with Gasteiger partial charge in [-0.25, -0.2) is 0 Å². The average molecular weight is 336 g/mol. The molecule has 1 amide bonds. The molecule has 3 rings (SSSR count). The lowest BCUT2D eigenvalue weighted by Gasteiger charge is -2.17. The average Bonchev–Trinajstić information content (AvgIpc) is 3.17. The van der Waals surface area contributed by atoms with Gasteiger partial charge in [-0.2, -0.15) is 4.98 Å². The fraction of sp³-hybridized carbons (Fsp3) is 0.438. The minimum absolute atomic E-state index is 0.00321. The summed E-state index contributed by atoms with van der Waals surface area (Å²) in [6.45, 7) is 4.90. The van der Waals surface area contributed by atoms with Gasteiger partial charge in [0.1, 0.15) is 5.75 Å². The number of aryl methyl sites for hydroxylation is 1. The molecule has 1 aromatic carbocycles. The van der Waals surface area contributed by atoms with Gasteiger partial charge in [0, 0.05) is 23.7 Å². The molecule has 0 spiro atoms. The van der Waals surface area contributed by atoms with E-state index in [2.05, 4.69) is 10.1 Å². The molecule has 0 unspecified atom stereocenters. The molecule has 2 heterocycles. The highest BCUT2D eigenvalue weighted by Crippen LogP contribution is 2.27. The van der Waals surface area contributed by atoms with E-state index in [1.807, 2.05) is 13.0 Å². The second kappa shape index (κ2) is 6.58. The highest BCUT2D eigenvalue weighted by Gasteiger charge is 2.31. The molecule has 1 saturated heterocycles. The summed E-state index contributed by atoms with van der Waals surface area (Å²) in [6, 6.07) is 5.41. The fourth-order valence-electron chi connectivity index (χ4n) is 2.64. The van der Waals surface area contributed by atoms with Gasteiger partial charge in [-0.05, 0) is 32.4 Å². The van der Waals surface area contributed by atoms with Crippen molar-refractivity contribution < 1.29 is 14.1 Å². The molecular formula is C16H18ClN3O3. The van der Waals surface area contributed by atoms with E-state index in [1.54, 1.807) is 24.0 Å². The van der Waals surface area contributed by atoms with Crippen LogP contribution in [0.3, 0.4) is 0 Å². The smallest absolute Gasteiger partial charge is 0.260 e. The molecule has 0 aliphatic carbocycles. The van der Waals surface area contributed by atoms with Gasteiger partial charge >= 0.3 is 0 Å². The Kier molecular flexibility index (Phi) is 4.52. The Morgan fingerprint density at radius 2 is 2.30 bits per heavy atom. The fourth-order valence-corrected chi connectivity index (χ4v) is 2.81. The maximum absolute atomic E-state index is 12.3. The van der Waals surface area contributed by atoms with Gasteiger partial charge in [0.2, 0.25) is 5.89 Å². The Morgan fingerprint density at radius 1 is 1.48 bits per heavy atom. The van der Waals surface area contributed by atoms with E-state index in [9.17, 15) is 4.79 Å². The molecule has 0 bridgehead atoms. The number of hydrogen-bond acceptors (Lipinski definition) is 5. The van der Waals surface area contributed by atoms with Gasteiger partial charge in [0.05, 0.1) is 5.92 Å². The zero-order valence-electron chi connectivity index (χ0n) is 13.1. The Hall–Kier alpha value is -2.08. The van der Waals surface area contributed by atoms with Crippen LogP contribution < -0.4 is 4.74 Å². The predicted octanol–water partition coefficient (Wildman–Crippen LogP) is 2.73. The van der Waals surface area contributed by atoms with Crippen molar-refractivity contribution in [1.29, 1.82) is 0 Å². The Morgan fingerprint density at radius 3 is 3.04 bits per heavy atom. The normalized spacial score (nSPS) is 17.5.